The van der Waals surface area contributed by atoms with Crippen molar-refractivity contribution in [1.29, 1.82) is 0 Å². The van der Waals surface area contributed by atoms with E-state index in [2.05, 4.69) is 5.32 Å². The number of ether oxygens (including phenoxy) is 1. The van der Waals surface area contributed by atoms with Gasteiger partial charge in [-0.2, -0.15) is 0 Å². The molecule has 0 aromatic carbocycles. The van der Waals surface area contributed by atoms with Crippen molar-refractivity contribution in [3.63, 3.8) is 0 Å². The van der Waals surface area contributed by atoms with E-state index in [0.717, 1.165) is 6.42 Å². The molecular weight excluding hydrogens is 196 g/mol. The zero-order chi connectivity index (χ0) is 11.1. The van der Waals surface area contributed by atoms with Crippen LogP contribution in [0.3, 0.4) is 0 Å². The molecule has 1 saturated heterocycles. The van der Waals surface area contributed by atoms with Crippen molar-refractivity contribution in [3.8, 4) is 0 Å². The monoisotopic (exact) mass is 214 g/mol. The van der Waals surface area contributed by atoms with Crippen LogP contribution in [0.15, 0.2) is 0 Å². The summed E-state index contributed by atoms with van der Waals surface area (Å²) in [5.74, 6) is -0.0816. The molecule has 15 heavy (non-hydrogen) atoms. The topological polar surface area (TPSA) is 58.6 Å². The lowest BCUT2D eigenvalue weighted by molar-refractivity contribution is -0.136. The summed E-state index contributed by atoms with van der Waals surface area (Å²) in [6.07, 6.45) is 1.29. The maximum absolute atomic E-state index is 11.6. The van der Waals surface area contributed by atoms with Gasteiger partial charge in [-0.3, -0.25) is 9.59 Å². The maximum Gasteiger partial charge on any atom is 0.242 e. The highest BCUT2D eigenvalue weighted by Crippen LogP contribution is 1.96. The van der Waals surface area contributed by atoms with Gasteiger partial charge in [-0.1, -0.05) is 6.92 Å². The summed E-state index contributed by atoms with van der Waals surface area (Å²) in [6.45, 7) is 4.48. The van der Waals surface area contributed by atoms with Crippen LogP contribution in [-0.2, 0) is 14.3 Å². The molecule has 2 amide bonds. The molecule has 0 atom stereocenters. The quantitative estimate of drug-likeness (QED) is 0.702. The third-order valence-electron chi connectivity index (χ3n) is 2.28. The minimum Gasteiger partial charge on any atom is -0.378 e. The third kappa shape index (κ3) is 4.29. The Morgan fingerprint density at radius 2 is 2.00 bits per heavy atom. The Morgan fingerprint density at radius 3 is 2.60 bits per heavy atom. The largest absolute Gasteiger partial charge is 0.378 e. The van der Waals surface area contributed by atoms with E-state index in [0.29, 0.717) is 32.7 Å². The first kappa shape index (κ1) is 12.0. The van der Waals surface area contributed by atoms with Crippen molar-refractivity contribution < 1.29 is 14.3 Å². The second-order valence-corrected chi connectivity index (χ2v) is 3.52. The SMILES string of the molecule is CCCC(=O)NCC(=O)N1CCOCC1. The van der Waals surface area contributed by atoms with E-state index in [-0.39, 0.29) is 18.4 Å². The summed E-state index contributed by atoms with van der Waals surface area (Å²) in [5, 5.41) is 2.61. The number of carbonyl (C=O) groups excluding carboxylic acids is 2. The second kappa shape index (κ2) is 6.40. The molecule has 0 spiro atoms. The summed E-state index contributed by atoms with van der Waals surface area (Å²) in [5.41, 5.74) is 0. The summed E-state index contributed by atoms with van der Waals surface area (Å²) < 4.78 is 5.13. The predicted octanol–water partition coefficient (Wildman–Crippen LogP) is -0.238. The van der Waals surface area contributed by atoms with E-state index in [1.165, 1.54) is 0 Å². The van der Waals surface area contributed by atoms with E-state index in [4.69, 9.17) is 4.74 Å². The summed E-state index contributed by atoms with van der Waals surface area (Å²) in [7, 11) is 0. The number of morpholine rings is 1. The number of amides is 2. The van der Waals surface area contributed by atoms with E-state index >= 15 is 0 Å². The van der Waals surface area contributed by atoms with E-state index in [1.807, 2.05) is 6.92 Å². The first-order valence-corrected chi connectivity index (χ1v) is 5.36. The lowest BCUT2D eigenvalue weighted by atomic mass is 10.3. The normalized spacial score (nSPS) is 16.2. The van der Waals surface area contributed by atoms with Gasteiger partial charge in [0.25, 0.3) is 0 Å². The molecule has 5 nitrogen and oxygen atoms in total. The Bertz CT molecular complexity index is 225. The van der Waals surface area contributed by atoms with Gasteiger partial charge < -0.3 is 15.0 Å². The summed E-state index contributed by atoms with van der Waals surface area (Å²) >= 11 is 0. The van der Waals surface area contributed by atoms with Crippen molar-refractivity contribution in [2.45, 2.75) is 19.8 Å². The molecule has 1 heterocycles. The van der Waals surface area contributed by atoms with Gasteiger partial charge in [-0.05, 0) is 6.42 Å². The molecule has 0 radical (unpaired) electrons. The molecule has 1 N–H and O–H groups in total. The molecule has 86 valence electrons. The maximum atomic E-state index is 11.6. The molecule has 5 heteroatoms. The van der Waals surface area contributed by atoms with Crippen LogP contribution in [0.25, 0.3) is 0 Å². The zero-order valence-electron chi connectivity index (χ0n) is 9.12. The highest BCUT2D eigenvalue weighted by Gasteiger charge is 2.16. The van der Waals surface area contributed by atoms with Gasteiger partial charge in [0.2, 0.25) is 11.8 Å². The van der Waals surface area contributed by atoms with Crippen molar-refractivity contribution in [2.75, 3.05) is 32.8 Å². The smallest absolute Gasteiger partial charge is 0.242 e. The fourth-order valence-corrected chi connectivity index (χ4v) is 1.41. The summed E-state index contributed by atoms with van der Waals surface area (Å²) in [4.78, 5) is 24.4. The Kier molecular flexibility index (Phi) is 5.10. The van der Waals surface area contributed by atoms with Gasteiger partial charge in [0.05, 0.1) is 19.8 Å². The lowest BCUT2D eigenvalue weighted by Gasteiger charge is -2.26. The van der Waals surface area contributed by atoms with Crippen LogP contribution in [0.2, 0.25) is 0 Å². The molecule has 0 aliphatic carbocycles. The molecule has 0 bridgehead atoms. The van der Waals surface area contributed by atoms with Crippen LogP contribution in [-0.4, -0.2) is 49.6 Å². The molecule has 0 saturated carbocycles. The van der Waals surface area contributed by atoms with E-state index < -0.39 is 0 Å². The average molecular weight is 214 g/mol. The standard InChI is InChI=1S/C10H18N2O3/c1-2-3-9(13)11-8-10(14)12-4-6-15-7-5-12/h2-8H2,1H3,(H,11,13). The van der Waals surface area contributed by atoms with Crippen LogP contribution in [0.4, 0.5) is 0 Å². The van der Waals surface area contributed by atoms with Crippen LogP contribution in [0.5, 0.6) is 0 Å². The van der Waals surface area contributed by atoms with Crippen LogP contribution in [0.1, 0.15) is 19.8 Å². The van der Waals surface area contributed by atoms with E-state index in [9.17, 15) is 9.59 Å². The Balaban J connectivity index is 2.19. The highest BCUT2D eigenvalue weighted by molar-refractivity contribution is 5.84. The Morgan fingerprint density at radius 1 is 1.33 bits per heavy atom. The molecule has 0 aromatic heterocycles. The molecule has 0 unspecified atom stereocenters. The number of hydrogen-bond acceptors (Lipinski definition) is 3. The zero-order valence-corrected chi connectivity index (χ0v) is 9.12. The number of hydrogen-bond donors (Lipinski definition) is 1. The van der Waals surface area contributed by atoms with Crippen molar-refractivity contribution in [1.82, 2.24) is 10.2 Å². The van der Waals surface area contributed by atoms with Crippen molar-refractivity contribution >= 4 is 11.8 Å². The van der Waals surface area contributed by atoms with Gasteiger partial charge >= 0.3 is 0 Å². The minimum atomic E-state index is -0.0564. The lowest BCUT2D eigenvalue weighted by Crippen LogP contribution is -2.45. The van der Waals surface area contributed by atoms with Gasteiger partial charge in [-0.15, -0.1) is 0 Å². The fraction of sp³-hybridized carbons (Fsp3) is 0.800. The molecule has 1 aliphatic heterocycles. The van der Waals surface area contributed by atoms with Crippen LogP contribution >= 0.6 is 0 Å². The first-order valence-electron chi connectivity index (χ1n) is 5.36. The fourth-order valence-electron chi connectivity index (χ4n) is 1.41. The molecule has 1 aliphatic rings. The molecular formula is C10H18N2O3. The molecule has 1 rings (SSSR count). The van der Waals surface area contributed by atoms with Gasteiger partial charge in [0.15, 0.2) is 0 Å². The van der Waals surface area contributed by atoms with Crippen LogP contribution < -0.4 is 5.32 Å². The molecule has 1 fully saturated rings. The van der Waals surface area contributed by atoms with Crippen LogP contribution in [0, 0.1) is 0 Å². The first-order chi connectivity index (χ1) is 7.24. The number of nitrogens with zero attached hydrogens (tertiary/aromatic N) is 1. The highest BCUT2D eigenvalue weighted by atomic mass is 16.5. The molecule has 0 aromatic rings. The van der Waals surface area contributed by atoms with Crippen molar-refractivity contribution in [2.24, 2.45) is 0 Å². The number of nitrogens with one attached hydrogen (secondary N) is 1. The Hall–Kier alpha value is -1.10. The Labute approximate surface area is 89.8 Å². The summed E-state index contributed by atoms with van der Waals surface area (Å²) in [6, 6.07) is 0. The third-order valence-corrected chi connectivity index (χ3v) is 2.28. The van der Waals surface area contributed by atoms with Gasteiger partial charge in [-0.25, -0.2) is 0 Å². The van der Waals surface area contributed by atoms with E-state index in [1.54, 1.807) is 4.90 Å². The number of carbonyl (C=O) groups is 2. The minimum absolute atomic E-state index is 0.0252. The average Bonchev–Trinajstić information content (AvgIpc) is 2.27. The number of rotatable bonds is 4. The van der Waals surface area contributed by atoms with Gasteiger partial charge in [0, 0.05) is 19.5 Å². The second-order valence-electron chi connectivity index (χ2n) is 3.52. The van der Waals surface area contributed by atoms with Crippen molar-refractivity contribution in [3.05, 3.63) is 0 Å². The predicted molar refractivity (Wildman–Crippen MR) is 55.3 cm³/mol. The van der Waals surface area contributed by atoms with Gasteiger partial charge in [0.1, 0.15) is 0 Å².